The maximum absolute atomic E-state index is 13.9. The third kappa shape index (κ3) is 3.67. The van der Waals surface area contributed by atoms with Gasteiger partial charge < -0.3 is 9.64 Å². The smallest absolute Gasteiger partial charge is 0.282 e. The Labute approximate surface area is 200 Å². The van der Waals surface area contributed by atoms with E-state index in [9.17, 15) is 9.59 Å². The van der Waals surface area contributed by atoms with Crippen molar-refractivity contribution in [3.05, 3.63) is 100 Å². The lowest BCUT2D eigenvalue weighted by Gasteiger charge is -2.31. The summed E-state index contributed by atoms with van der Waals surface area (Å²) < 4.78 is 5.58. The highest BCUT2D eigenvalue weighted by atomic mass is 16.5. The van der Waals surface area contributed by atoms with Crippen LogP contribution in [0, 0.1) is 13.8 Å². The Hall–Kier alpha value is -3.86. The maximum atomic E-state index is 13.9. The van der Waals surface area contributed by atoms with Crippen LogP contribution in [0.15, 0.2) is 72.4 Å². The average Bonchev–Trinajstić information content (AvgIpc) is 3.11. The van der Waals surface area contributed by atoms with Crippen molar-refractivity contribution in [1.29, 1.82) is 0 Å². The lowest BCUT2D eigenvalue weighted by atomic mass is 9.98. The summed E-state index contributed by atoms with van der Waals surface area (Å²) in [6, 6.07) is 21.5. The Morgan fingerprint density at radius 1 is 0.853 bits per heavy atom. The second kappa shape index (κ2) is 8.82. The topological polar surface area (TPSA) is 49.9 Å². The van der Waals surface area contributed by atoms with Crippen molar-refractivity contribution in [3.63, 3.8) is 0 Å². The molecule has 5 nitrogen and oxygen atoms in total. The zero-order valence-corrected chi connectivity index (χ0v) is 19.8. The summed E-state index contributed by atoms with van der Waals surface area (Å²) in [4.78, 5) is 31.2. The van der Waals surface area contributed by atoms with Gasteiger partial charge in [-0.15, -0.1) is 0 Å². The van der Waals surface area contributed by atoms with Crippen molar-refractivity contribution in [2.75, 3.05) is 18.1 Å². The van der Waals surface area contributed by atoms with E-state index in [0.717, 1.165) is 28.9 Å². The van der Waals surface area contributed by atoms with E-state index in [1.54, 1.807) is 0 Å². The van der Waals surface area contributed by atoms with Crippen molar-refractivity contribution < 1.29 is 14.3 Å². The highest BCUT2D eigenvalue weighted by Gasteiger charge is 2.43. The molecule has 0 unspecified atom stereocenters. The van der Waals surface area contributed by atoms with E-state index in [-0.39, 0.29) is 11.8 Å². The molecule has 34 heavy (non-hydrogen) atoms. The van der Waals surface area contributed by atoms with E-state index in [1.165, 1.54) is 16.0 Å². The number of fused-ring (bicyclic) bond motifs is 1. The molecule has 0 atom stereocenters. The van der Waals surface area contributed by atoms with Crippen molar-refractivity contribution in [2.45, 2.75) is 33.7 Å². The van der Waals surface area contributed by atoms with Crippen LogP contribution in [-0.2, 0) is 22.6 Å². The molecule has 5 rings (SSSR count). The number of hydrogen-bond donors (Lipinski definition) is 0. The Kier molecular flexibility index (Phi) is 5.70. The third-order valence-corrected chi connectivity index (χ3v) is 6.78. The minimum Gasteiger partial charge on any atom is -0.494 e. The van der Waals surface area contributed by atoms with Crippen LogP contribution >= 0.6 is 0 Å². The van der Waals surface area contributed by atoms with Gasteiger partial charge in [-0.25, -0.2) is 4.90 Å². The van der Waals surface area contributed by atoms with Crippen LogP contribution in [0.2, 0.25) is 0 Å². The molecular weight excluding hydrogens is 424 g/mol. The number of nitrogens with zero attached hydrogens (tertiary/aromatic N) is 2. The molecule has 5 heteroatoms. The number of anilines is 1. The fraction of sp³-hybridized carbons (Fsp3) is 0.241. The summed E-state index contributed by atoms with van der Waals surface area (Å²) in [6.45, 7) is 7.74. The summed E-state index contributed by atoms with van der Waals surface area (Å²) in [7, 11) is 0. The number of carbonyl (C=O) groups excluding carboxylic acids is 2. The minimum absolute atomic E-state index is 0.262. The van der Waals surface area contributed by atoms with Crippen molar-refractivity contribution in [2.24, 2.45) is 0 Å². The molecular formula is C29H28N2O3. The van der Waals surface area contributed by atoms with Crippen LogP contribution in [0.5, 0.6) is 5.75 Å². The minimum atomic E-state index is -0.281. The number of aryl methyl sites for hydroxylation is 1. The zero-order chi connectivity index (χ0) is 23.8. The largest absolute Gasteiger partial charge is 0.494 e. The van der Waals surface area contributed by atoms with Crippen molar-refractivity contribution in [3.8, 4) is 5.75 Å². The number of imide groups is 1. The van der Waals surface area contributed by atoms with E-state index >= 15 is 0 Å². The van der Waals surface area contributed by atoms with Gasteiger partial charge in [0.05, 0.1) is 17.9 Å². The van der Waals surface area contributed by atoms with Gasteiger partial charge in [-0.1, -0.05) is 48.5 Å². The monoisotopic (exact) mass is 452 g/mol. The van der Waals surface area contributed by atoms with Gasteiger partial charge in [0.15, 0.2) is 0 Å². The quantitative estimate of drug-likeness (QED) is 0.509. The van der Waals surface area contributed by atoms with Crippen LogP contribution in [0.4, 0.5) is 5.69 Å². The molecule has 3 aromatic carbocycles. The van der Waals surface area contributed by atoms with Gasteiger partial charge in [0.2, 0.25) is 0 Å². The molecule has 0 bridgehead atoms. The molecule has 0 radical (unpaired) electrons. The van der Waals surface area contributed by atoms with Gasteiger partial charge >= 0.3 is 0 Å². The highest BCUT2D eigenvalue weighted by molar-refractivity contribution is 6.45. The maximum Gasteiger partial charge on any atom is 0.282 e. The summed E-state index contributed by atoms with van der Waals surface area (Å²) >= 11 is 0. The number of benzene rings is 3. The molecule has 2 aliphatic heterocycles. The average molecular weight is 453 g/mol. The first-order valence-corrected chi connectivity index (χ1v) is 11.7. The van der Waals surface area contributed by atoms with Crippen LogP contribution in [0.1, 0.15) is 34.7 Å². The normalized spacial score (nSPS) is 15.7. The second-order valence-corrected chi connectivity index (χ2v) is 8.79. The molecule has 0 aromatic heterocycles. The molecule has 0 fully saturated rings. The molecule has 0 saturated heterocycles. The molecule has 2 heterocycles. The lowest BCUT2D eigenvalue weighted by molar-refractivity contribution is -0.120. The first kappa shape index (κ1) is 22.0. The third-order valence-electron chi connectivity index (χ3n) is 6.78. The number of ether oxygens (including phenoxy) is 1. The molecule has 0 aliphatic carbocycles. The van der Waals surface area contributed by atoms with Crippen LogP contribution in [0.3, 0.4) is 0 Å². The SMILES string of the molecule is CCOc1ccc(C2=C(N3CCc4ccccc4C3)C(=O)N(c3cccc(C)c3C)C2=O)cc1. The summed E-state index contributed by atoms with van der Waals surface area (Å²) in [6.07, 6.45) is 0.834. The first-order valence-electron chi connectivity index (χ1n) is 11.7. The Morgan fingerprint density at radius 3 is 2.32 bits per heavy atom. The van der Waals surface area contributed by atoms with Gasteiger partial charge in [-0.3, -0.25) is 9.59 Å². The predicted octanol–water partition coefficient (Wildman–Crippen LogP) is 5.04. The standard InChI is InChI=1S/C29H28N2O3/c1-4-34-24-14-12-22(13-15-24)26-27(30-17-16-21-9-5-6-10-23(21)18-30)29(33)31(28(26)32)25-11-7-8-19(2)20(25)3/h5-15H,4,16-18H2,1-3H3. The first-order chi connectivity index (χ1) is 16.5. The predicted molar refractivity (Wildman–Crippen MR) is 133 cm³/mol. The molecule has 3 aromatic rings. The number of amides is 2. The molecule has 0 saturated carbocycles. The zero-order valence-electron chi connectivity index (χ0n) is 19.8. The van der Waals surface area contributed by atoms with E-state index in [0.29, 0.717) is 36.7 Å². The fourth-order valence-electron chi connectivity index (χ4n) is 4.84. The van der Waals surface area contributed by atoms with E-state index < -0.39 is 0 Å². The van der Waals surface area contributed by atoms with Crippen LogP contribution in [0.25, 0.3) is 5.57 Å². The summed E-state index contributed by atoms with van der Waals surface area (Å²) in [5.41, 5.74) is 6.76. The molecule has 172 valence electrons. The summed E-state index contributed by atoms with van der Waals surface area (Å²) in [5, 5.41) is 0. The second-order valence-electron chi connectivity index (χ2n) is 8.79. The van der Waals surface area contributed by atoms with E-state index in [1.807, 2.05) is 75.4 Å². The van der Waals surface area contributed by atoms with Gasteiger partial charge in [0.1, 0.15) is 11.4 Å². The van der Waals surface area contributed by atoms with Crippen LogP contribution in [-0.4, -0.2) is 29.9 Å². The number of hydrogen-bond acceptors (Lipinski definition) is 4. The Balaban J connectivity index is 1.62. The molecule has 2 amide bonds. The van der Waals surface area contributed by atoms with Gasteiger partial charge in [0, 0.05) is 13.1 Å². The number of carbonyl (C=O) groups is 2. The van der Waals surface area contributed by atoms with Gasteiger partial charge in [0.25, 0.3) is 11.8 Å². The van der Waals surface area contributed by atoms with Crippen LogP contribution < -0.4 is 9.64 Å². The Morgan fingerprint density at radius 2 is 1.59 bits per heavy atom. The van der Waals surface area contributed by atoms with Gasteiger partial charge in [-0.05, 0) is 73.2 Å². The van der Waals surface area contributed by atoms with E-state index in [4.69, 9.17) is 4.74 Å². The van der Waals surface area contributed by atoms with Crippen molar-refractivity contribution in [1.82, 2.24) is 4.90 Å². The highest BCUT2D eigenvalue weighted by Crippen LogP contribution is 2.38. The lowest BCUT2D eigenvalue weighted by Crippen LogP contribution is -2.37. The van der Waals surface area contributed by atoms with Crippen molar-refractivity contribution >= 4 is 23.1 Å². The summed E-state index contributed by atoms with van der Waals surface area (Å²) in [5.74, 6) is 0.196. The molecule has 0 N–H and O–H groups in total. The number of rotatable bonds is 5. The molecule has 2 aliphatic rings. The van der Waals surface area contributed by atoms with E-state index in [2.05, 4.69) is 17.0 Å². The molecule has 0 spiro atoms. The Bertz CT molecular complexity index is 1310. The fourth-order valence-corrected chi connectivity index (χ4v) is 4.84. The van der Waals surface area contributed by atoms with Gasteiger partial charge in [-0.2, -0.15) is 0 Å².